The van der Waals surface area contributed by atoms with E-state index in [-0.39, 0.29) is 12.5 Å². The number of fused-ring (bicyclic) bond motifs is 5. The fourth-order valence-corrected chi connectivity index (χ4v) is 5.12. The lowest BCUT2D eigenvalue weighted by Gasteiger charge is -2.35. The number of anilines is 1. The summed E-state index contributed by atoms with van der Waals surface area (Å²) in [6, 6.07) is 15.7. The van der Waals surface area contributed by atoms with Crippen molar-refractivity contribution in [3.05, 3.63) is 84.1 Å². The summed E-state index contributed by atoms with van der Waals surface area (Å²) in [5.41, 5.74) is 5.93. The molecule has 0 N–H and O–H groups in total. The van der Waals surface area contributed by atoms with Crippen LogP contribution in [0, 0.1) is 6.57 Å². The number of piperazine rings is 1. The van der Waals surface area contributed by atoms with Crippen molar-refractivity contribution >= 4 is 23.4 Å². The average Bonchev–Trinajstić information content (AvgIpc) is 3.53. The highest BCUT2D eigenvalue weighted by Crippen LogP contribution is 2.36. The van der Waals surface area contributed by atoms with Crippen LogP contribution in [0.4, 0.5) is 16.2 Å². The number of carbonyl (C=O) groups excluding carboxylic acids is 2. The monoisotopic (exact) mass is 520 g/mol. The summed E-state index contributed by atoms with van der Waals surface area (Å²) >= 11 is 0. The molecule has 0 radical (unpaired) electrons. The molecule has 2 aliphatic rings. The van der Waals surface area contributed by atoms with Crippen molar-refractivity contribution in [3.63, 3.8) is 0 Å². The Morgan fingerprint density at radius 1 is 1.03 bits per heavy atom. The highest BCUT2D eigenvalue weighted by molar-refractivity contribution is 5.97. The molecular formula is C30H28N6O3. The van der Waals surface area contributed by atoms with Crippen molar-refractivity contribution < 1.29 is 14.3 Å². The first-order valence-electron chi connectivity index (χ1n) is 12.8. The first-order chi connectivity index (χ1) is 18.7. The summed E-state index contributed by atoms with van der Waals surface area (Å²) in [4.78, 5) is 36.9. The van der Waals surface area contributed by atoms with Crippen molar-refractivity contribution in [2.75, 3.05) is 24.5 Å². The number of hydrogen-bond acceptors (Lipinski definition) is 4. The van der Waals surface area contributed by atoms with E-state index >= 15 is 0 Å². The van der Waals surface area contributed by atoms with Gasteiger partial charge in [-0.25, -0.2) is 14.6 Å². The Kier molecular flexibility index (Phi) is 5.76. The van der Waals surface area contributed by atoms with Crippen LogP contribution >= 0.6 is 0 Å². The van der Waals surface area contributed by atoms with Gasteiger partial charge in [-0.05, 0) is 56.2 Å². The zero-order chi connectivity index (χ0) is 27.3. The molecule has 196 valence electrons. The molecule has 0 aliphatic carbocycles. The zero-order valence-corrected chi connectivity index (χ0v) is 22.1. The second kappa shape index (κ2) is 9.17. The second-order valence-corrected chi connectivity index (χ2v) is 10.8. The Balaban J connectivity index is 1.30. The van der Waals surface area contributed by atoms with Crippen LogP contribution in [-0.4, -0.2) is 56.3 Å². The molecule has 9 nitrogen and oxygen atoms in total. The van der Waals surface area contributed by atoms with Gasteiger partial charge in [-0.1, -0.05) is 24.3 Å². The van der Waals surface area contributed by atoms with Gasteiger partial charge >= 0.3 is 6.09 Å². The maximum Gasteiger partial charge on any atom is 0.410 e. The van der Waals surface area contributed by atoms with E-state index in [1.165, 1.54) is 4.90 Å². The van der Waals surface area contributed by atoms with Gasteiger partial charge in [-0.3, -0.25) is 14.3 Å². The van der Waals surface area contributed by atoms with Crippen molar-refractivity contribution in [2.24, 2.45) is 0 Å². The molecule has 2 aromatic heterocycles. The lowest BCUT2D eigenvalue weighted by Crippen LogP contribution is -2.53. The van der Waals surface area contributed by atoms with E-state index in [2.05, 4.69) is 37.3 Å². The highest BCUT2D eigenvalue weighted by atomic mass is 16.6. The molecule has 4 aromatic rings. The van der Waals surface area contributed by atoms with Crippen LogP contribution in [0.15, 0.2) is 67.1 Å². The summed E-state index contributed by atoms with van der Waals surface area (Å²) < 4.78 is 9.70. The first kappa shape index (κ1) is 24.5. The zero-order valence-electron chi connectivity index (χ0n) is 22.1. The van der Waals surface area contributed by atoms with Gasteiger partial charge in [0.05, 0.1) is 18.0 Å². The topological polar surface area (TPSA) is 77.0 Å². The van der Waals surface area contributed by atoms with Gasteiger partial charge in [-0.2, -0.15) is 0 Å². The molecule has 1 fully saturated rings. The molecule has 6 rings (SSSR count). The smallest absolute Gasteiger partial charge is 0.410 e. The molecule has 4 heterocycles. The van der Waals surface area contributed by atoms with Gasteiger partial charge in [0, 0.05) is 49.5 Å². The van der Waals surface area contributed by atoms with Crippen LogP contribution in [0.25, 0.3) is 33.2 Å². The minimum absolute atomic E-state index is 0.0188. The third-order valence-electron chi connectivity index (χ3n) is 6.94. The summed E-state index contributed by atoms with van der Waals surface area (Å²) in [7, 11) is 0. The lowest BCUT2D eigenvalue weighted by atomic mass is 10.1. The molecule has 2 amide bonds. The number of aromatic nitrogens is 3. The van der Waals surface area contributed by atoms with E-state index in [0.29, 0.717) is 25.3 Å². The van der Waals surface area contributed by atoms with Crippen LogP contribution < -0.4 is 4.90 Å². The molecule has 1 saturated heterocycles. The molecular weight excluding hydrogens is 492 g/mol. The summed E-state index contributed by atoms with van der Waals surface area (Å²) in [6.45, 7) is 14.0. The van der Waals surface area contributed by atoms with Crippen LogP contribution in [0.1, 0.15) is 26.3 Å². The summed E-state index contributed by atoms with van der Waals surface area (Å²) in [5.74, 6) is 0.698. The number of carbonyl (C=O) groups is 2. The summed E-state index contributed by atoms with van der Waals surface area (Å²) in [6.07, 6.45) is 5.38. The average molecular weight is 521 g/mol. The van der Waals surface area contributed by atoms with Gasteiger partial charge in [0.25, 0.3) is 0 Å². The third-order valence-corrected chi connectivity index (χ3v) is 6.94. The largest absolute Gasteiger partial charge is 0.444 e. The molecule has 0 unspecified atom stereocenters. The van der Waals surface area contributed by atoms with Crippen molar-refractivity contribution in [1.29, 1.82) is 0 Å². The van der Waals surface area contributed by atoms with Crippen molar-refractivity contribution in [1.82, 2.24) is 19.0 Å². The molecule has 9 heteroatoms. The Morgan fingerprint density at radius 2 is 1.82 bits per heavy atom. The van der Waals surface area contributed by atoms with E-state index in [1.807, 2.05) is 63.4 Å². The Labute approximate surface area is 226 Å². The normalized spacial score (nSPS) is 14.7. The standard InChI is InChI=1S/C30H28N6O3/c1-30(2,3)39-29(38)33-13-14-35(27(37)19-33)24-9-10-25-22(15-24)18-34-17-21(20-5-7-23(31-4)8-6-20)16-26(34)28-32-11-12-36(25)28/h5-12,15-17H,13-14,18-19H2,1-3H3. The first-order valence-corrected chi connectivity index (χ1v) is 12.8. The number of hydrogen-bond donors (Lipinski definition) is 0. The Hall–Kier alpha value is -4.84. The number of benzene rings is 2. The Bertz CT molecular complexity index is 1630. The molecule has 0 spiro atoms. The number of rotatable bonds is 2. The molecule has 0 atom stereocenters. The Morgan fingerprint density at radius 3 is 2.54 bits per heavy atom. The molecule has 0 saturated carbocycles. The van der Waals surface area contributed by atoms with Crippen molar-refractivity contribution in [3.8, 4) is 28.3 Å². The maximum atomic E-state index is 13.1. The van der Waals surface area contributed by atoms with E-state index < -0.39 is 11.7 Å². The number of imidazole rings is 1. The number of ether oxygens (including phenoxy) is 1. The van der Waals surface area contributed by atoms with E-state index in [0.717, 1.165) is 39.6 Å². The minimum Gasteiger partial charge on any atom is -0.444 e. The number of nitrogens with zero attached hydrogens (tertiary/aromatic N) is 6. The highest BCUT2D eigenvalue weighted by Gasteiger charge is 2.31. The molecule has 0 bridgehead atoms. The van der Waals surface area contributed by atoms with Gasteiger partial charge in [-0.15, -0.1) is 0 Å². The maximum absolute atomic E-state index is 13.1. The van der Waals surface area contributed by atoms with E-state index in [1.54, 1.807) is 11.1 Å². The van der Waals surface area contributed by atoms with E-state index in [4.69, 9.17) is 11.3 Å². The van der Waals surface area contributed by atoms with Crippen molar-refractivity contribution in [2.45, 2.75) is 32.9 Å². The summed E-state index contributed by atoms with van der Waals surface area (Å²) in [5, 5.41) is 0. The predicted octanol–water partition coefficient (Wildman–Crippen LogP) is 5.50. The third kappa shape index (κ3) is 4.55. The lowest BCUT2D eigenvalue weighted by molar-refractivity contribution is -0.121. The van der Waals surface area contributed by atoms with Gasteiger partial charge in [0.1, 0.15) is 12.1 Å². The minimum atomic E-state index is -0.612. The van der Waals surface area contributed by atoms with Gasteiger partial charge in [0.15, 0.2) is 11.5 Å². The van der Waals surface area contributed by atoms with Crippen LogP contribution in [-0.2, 0) is 16.1 Å². The SMILES string of the molecule is [C-]#[N+]c1ccc(-c2cc3n(c2)Cc2cc(N4CCN(C(=O)OC(C)(C)C)CC4=O)ccc2-n2ccnc2-3)cc1. The quantitative estimate of drug-likeness (QED) is 0.288. The predicted molar refractivity (Wildman–Crippen MR) is 148 cm³/mol. The van der Waals surface area contributed by atoms with Crippen LogP contribution in [0.2, 0.25) is 0 Å². The fourth-order valence-electron chi connectivity index (χ4n) is 5.12. The van der Waals surface area contributed by atoms with Crippen LogP contribution in [0.3, 0.4) is 0 Å². The second-order valence-electron chi connectivity index (χ2n) is 10.8. The van der Waals surface area contributed by atoms with E-state index in [9.17, 15) is 9.59 Å². The van der Waals surface area contributed by atoms with Gasteiger partial charge in [0.2, 0.25) is 5.91 Å². The molecule has 2 aromatic carbocycles. The number of amides is 2. The molecule has 39 heavy (non-hydrogen) atoms. The fraction of sp³-hybridized carbons (Fsp3) is 0.267. The molecule has 2 aliphatic heterocycles. The van der Waals surface area contributed by atoms with Crippen LogP contribution in [0.5, 0.6) is 0 Å². The van der Waals surface area contributed by atoms with Gasteiger partial charge < -0.3 is 14.2 Å².